The van der Waals surface area contributed by atoms with Crippen molar-refractivity contribution in [3.63, 3.8) is 0 Å². The van der Waals surface area contributed by atoms with E-state index in [9.17, 15) is 4.79 Å². The second-order valence-electron chi connectivity index (χ2n) is 3.09. The lowest BCUT2D eigenvalue weighted by molar-refractivity contribution is 0.0996. The average Bonchev–Trinajstić information content (AvgIpc) is 2.75. The van der Waals surface area contributed by atoms with Crippen molar-refractivity contribution in [2.24, 2.45) is 7.05 Å². The largest absolute Gasteiger partial charge is 0.293 e. The van der Waals surface area contributed by atoms with E-state index >= 15 is 0 Å². The maximum Gasteiger partial charge on any atom is 0.178 e. The maximum absolute atomic E-state index is 11.7. The summed E-state index contributed by atoms with van der Waals surface area (Å²) in [6.07, 6.45) is 2.06. The number of carbonyl (C=O) groups excluding carboxylic acids is 1. The van der Waals surface area contributed by atoms with Crippen molar-refractivity contribution in [3.05, 3.63) is 32.7 Å². The maximum atomic E-state index is 11.7. The minimum absolute atomic E-state index is 0.0752. The quantitative estimate of drug-likeness (QED) is 0.811. The Morgan fingerprint density at radius 2 is 2.40 bits per heavy atom. The summed E-state index contributed by atoms with van der Waals surface area (Å²) >= 11 is 4.76. The summed E-state index contributed by atoms with van der Waals surface area (Å²) in [5.41, 5.74) is 0.701. The second-order valence-corrected chi connectivity index (χ2v) is 5.55. The lowest BCUT2D eigenvalue weighted by Crippen LogP contribution is -2.01. The van der Waals surface area contributed by atoms with Crippen LogP contribution in [0.25, 0.3) is 0 Å². The molecule has 2 heterocycles. The van der Waals surface area contributed by atoms with Gasteiger partial charge in [-0.05, 0) is 28.1 Å². The van der Waals surface area contributed by atoms with Gasteiger partial charge in [-0.25, -0.2) is 0 Å². The van der Waals surface area contributed by atoms with Gasteiger partial charge in [0.1, 0.15) is 0 Å². The smallest absolute Gasteiger partial charge is 0.178 e. The number of rotatable bonds is 3. The highest BCUT2D eigenvalue weighted by Crippen LogP contribution is 2.23. The number of nitrogens with zero attached hydrogens (tertiary/aromatic N) is 3. The van der Waals surface area contributed by atoms with Gasteiger partial charge in [0.05, 0.1) is 20.8 Å². The van der Waals surface area contributed by atoms with E-state index in [-0.39, 0.29) is 5.78 Å². The predicted molar refractivity (Wildman–Crippen MR) is 61.1 cm³/mol. The Labute approximate surface area is 99.0 Å². The van der Waals surface area contributed by atoms with Crippen LogP contribution < -0.4 is 0 Å². The van der Waals surface area contributed by atoms with Crippen LogP contribution in [0.1, 0.15) is 15.4 Å². The molecule has 0 unspecified atom stereocenters. The van der Waals surface area contributed by atoms with Crippen molar-refractivity contribution in [2.75, 3.05) is 0 Å². The normalized spacial score (nSPS) is 10.5. The van der Waals surface area contributed by atoms with Crippen LogP contribution in [0.15, 0.2) is 22.1 Å². The molecule has 15 heavy (non-hydrogen) atoms. The lowest BCUT2D eigenvalue weighted by Gasteiger charge is -1.92. The summed E-state index contributed by atoms with van der Waals surface area (Å²) in [5, 5.41) is 7.65. The van der Waals surface area contributed by atoms with Crippen molar-refractivity contribution in [3.8, 4) is 0 Å². The molecule has 0 saturated carbocycles. The molecule has 0 aliphatic rings. The second kappa shape index (κ2) is 4.24. The van der Waals surface area contributed by atoms with Gasteiger partial charge >= 0.3 is 0 Å². The van der Waals surface area contributed by atoms with Gasteiger partial charge in [0.15, 0.2) is 5.78 Å². The van der Waals surface area contributed by atoms with E-state index in [0.29, 0.717) is 12.1 Å². The van der Waals surface area contributed by atoms with Crippen molar-refractivity contribution >= 4 is 33.0 Å². The third-order valence-electron chi connectivity index (χ3n) is 1.84. The topological polar surface area (TPSA) is 47.8 Å². The van der Waals surface area contributed by atoms with Gasteiger partial charge in [-0.2, -0.15) is 0 Å². The van der Waals surface area contributed by atoms with Gasteiger partial charge in [0.25, 0.3) is 0 Å². The number of halogens is 1. The molecule has 0 aliphatic carbocycles. The molecule has 6 heteroatoms. The molecule has 4 nitrogen and oxygen atoms in total. The Bertz CT molecular complexity index is 491. The van der Waals surface area contributed by atoms with E-state index < -0.39 is 0 Å². The first-order chi connectivity index (χ1) is 7.15. The number of thiophene rings is 1. The first-order valence-corrected chi connectivity index (χ1v) is 5.90. The summed E-state index contributed by atoms with van der Waals surface area (Å²) in [6.45, 7) is 0. The minimum Gasteiger partial charge on any atom is -0.293 e. The summed E-state index contributed by atoms with van der Waals surface area (Å²) in [4.78, 5) is 12.5. The van der Waals surface area contributed by atoms with Crippen LogP contribution in [0.3, 0.4) is 0 Å². The fourth-order valence-corrected chi connectivity index (χ4v) is 2.52. The summed E-state index contributed by atoms with van der Waals surface area (Å²) < 4.78 is 2.55. The Hall–Kier alpha value is -1.01. The first kappa shape index (κ1) is 10.5. The highest BCUT2D eigenvalue weighted by Gasteiger charge is 2.11. The molecular weight excluding hydrogens is 278 g/mol. The van der Waals surface area contributed by atoms with Crippen molar-refractivity contribution in [1.82, 2.24) is 15.0 Å². The average molecular weight is 286 g/mol. The molecule has 2 rings (SSSR count). The fraction of sp³-hybridized carbons (Fsp3) is 0.222. The summed E-state index contributed by atoms with van der Waals surface area (Å²) in [6, 6.07) is 3.68. The highest BCUT2D eigenvalue weighted by molar-refractivity contribution is 9.11. The van der Waals surface area contributed by atoms with Crippen LogP contribution in [-0.2, 0) is 13.5 Å². The summed E-state index contributed by atoms with van der Waals surface area (Å²) in [7, 11) is 1.78. The molecule has 0 amide bonds. The fourth-order valence-electron chi connectivity index (χ4n) is 1.19. The molecule has 0 aliphatic heterocycles. The van der Waals surface area contributed by atoms with Gasteiger partial charge in [0, 0.05) is 13.2 Å². The van der Waals surface area contributed by atoms with E-state index in [1.807, 2.05) is 12.1 Å². The Morgan fingerprint density at radius 3 is 2.93 bits per heavy atom. The first-order valence-electron chi connectivity index (χ1n) is 4.29. The van der Waals surface area contributed by atoms with E-state index in [4.69, 9.17) is 0 Å². The van der Waals surface area contributed by atoms with Crippen LogP contribution in [0.2, 0.25) is 0 Å². The molecular formula is C9H8BrN3OS. The molecule has 78 valence electrons. The van der Waals surface area contributed by atoms with Crippen LogP contribution in [0.5, 0.6) is 0 Å². The Morgan fingerprint density at radius 1 is 1.60 bits per heavy atom. The zero-order chi connectivity index (χ0) is 10.8. The number of Topliss-reactive ketones (excluding diaryl/α,β-unsaturated/α-hetero) is 1. The molecule has 0 aromatic carbocycles. The molecule has 0 fully saturated rings. The third kappa shape index (κ3) is 2.51. The molecule has 0 saturated heterocycles. The standard InChI is InChI=1S/C9H8BrN3OS/c1-13-5-6(11-12-13)4-7(14)8-2-3-9(10)15-8/h2-3,5H,4H2,1H3. The van der Waals surface area contributed by atoms with Crippen LogP contribution >= 0.6 is 27.3 Å². The predicted octanol–water partition coefficient (Wildman–Crippen LogP) is 2.06. The van der Waals surface area contributed by atoms with Gasteiger partial charge < -0.3 is 0 Å². The van der Waals surface area contributed by atoms with Crippen LogP contribution in [0, 0.1) is 0 Å². The number of carbonyl (C=O) groups is 1. The van der Waals surface area contributed by atoms with Crippen LogP contribution in [-0.4, -0.2) is 20.8 Å². The zero-order valence-electron chi connectivity index (χ0n) is 7.98. The van der Waals surface area contributed by atoms with E-state index in [0.717, 1.165) is 8.66 Å². The van der Waals surface area contributed by atoms with Crippen molar-refractivity contribution in [1.29, 1.82) is 0 Å². The van der Waals surface area contributed by atoms with Gasteiger partial charge in [-0.3, -0.25) is 9.48 Å². The number of hydrogen-bond donors (Lipinski definition) is 0. The molecule has 0 atom stereocenters. The number of aryl methyl sites for hydroxylation is 1. The van der Waals surface area contributed by atoms with Crippen molar-refractivity contribution in [2.45, 2.75) is 6.42 Å². The number of aromatic nitrogens is 3. The van der Waals surface area contributed by atoms with E-state index in [1.54, 1.807) is 17.9 Å². The molecule has 2 aromatic heterocycles. The number of ketones is 1. The van der Waals surface area contributed by atoms with Gasteiger partial charge in [0.2, 0.25) is 0 Å². The number of hydrogen-bond acceptors (Lipinski definition) is 4. The Kier molecular flexibility index (Phi) is 2.97. The van der Waals surface area contributed by atoms with Crippen molar-refractivity contribution < 1.29 is 4.79 Å². The van der Waals surface area contributed by atoms with E-state index in [2.05, 4.69) is 26.2 Å². The van der Waals surface area contributed by atoms with Gasteiger partial charge in [-0.1, -0.05) is 5.21 Å². The minimum atomic E-state index is 0.0752. The molecule has 0 radical (unpaired) electrons. The molecule has 0 bridgehead atoms. The molecule has 0 N–H and O–H groups in total. The lowest BCUT2D eigenvalue weighted by atomic mass is 10.2. The summed E-state index contributed by atoms with van der Waals surface area (Å²) in [5.74, 6) is 0.0752. The third-order valence-corrected chi connectivity index (χ3v) is 3.50. The highest BCUT2D eigenvalue weighted by atomic mass is 79.9. The zero-order valence-corrected chi connectivity index (χ0v) is 10.4. The SMILES string of the molecule is Cn1cc(CC(=O)c2ccc(Br)s2)nn1. The Balaban J connectivity index is 2.10. The van der Waals surface area contributed by atoms with E-state index in [1.165, 1.54) is 11.3 Å². The van der Waals surface area contributed by atoms with Crippen LogP contribution in [0.4, 0.5) is 0 Å². The monoisotopic (exact) mass is 285 g/mol. The molecule has 0 spiro atoms. The molecule has 2 aromatic rings. The van der Waals surface area contributed by atoms with Gasteiger partial charge in [-0.15, -0.1) is 16.4 Å².